The highest BCUT2D eigenvalue weighted by Crippen LogP contribution is 2.48. The normalized spacial score (nSPS) is 14.3. The van der Waals surface area contributed by atoms with E-state index in [1.807, 2.05) is 42.5 Å². The summed E-state index contributed by atoms with van der Waals surface area (Å²) in [4.78, 5) is 10.4. The Labute approximate surface area is 327 Å². The molecule has 0 saturated carbocycles. The molecule has 5 heteroatoms. The number of hydrogen-bond acceptors (Lipinski definition) is 4. The Kier molecular flexibility index (Phi) is 7.96. The van der Waals surface area contributed by atoms with Gasteiger partial charge in [0.2, 0.25) is 5.88 Å². The van der Waals surface area contributed by atoms with E-state index in [9.17, 15) is 5.11 Å². The van der Waals surface area contributed by atoms with Crippen molar-refractivity contribution < 1.29 is 9.84 Å². The lowest BCUT2D eigenvalue weighted by atomic mass is 9.82. The molecule has 0 amide bonds. The highest BCUT2D eigenvalue weighted by atomic mass is 16.5. The molecule has 1 N–H and O–H groups in total. The van der Waals surface area contributed by atoms with E-state index in [4.69, 9.17) is 14.7 Å². The van der Waals surface area contributed by atoms with Crippen LogP contribution < -0.4 is 4.74 Å². The minimum Gasteiger partial charge on any atom is -0.507 e. The first-order valence-electron chi connectivity index (χ1n) is 19.6. The summed E-state index contributed by atoms with van der Waals surface area (Å²) >= 11 is 0. The van der Waals surface area contributed by atoms with E-state index in [0.29, 0.717) is 22.9 Å². The Balaban J connectivity index is 1.13. The molecule has 0 fully saturated rings. The van der Waals surface area contributed by atoms with Gasteiger partial charge >= 0.3 is 0 Å². The van der Waals surface area contributed by atoms with Crippen molar-refractivity contribution in [2.45, 2.75) is 51.9 Å². The number of aromatic hydroxyl groups is 1. The molecule has 6 aromatic carbocycles. The zero-order valence-corrected chi connectivity index (χ0v) is 32.0. The Morgan fingerprint density at radius 3 is 2.00 bits per heavy atom. The fraction of sp³-hybridized carbons (Fsp3) is 0.176. The van der Waals surface area contributed by atoms with Crippen molar-refractivity contribution in [2.24, 2.45) is 5.41 Å². The summed E-state index contributed by atoms with van der Waals surface area (Å²) in [5, 5.41) is 10.8. The predicted octanol–water partition coefficient (Wildman–Crippen LogP) is 12.1. The largest absolute Gasteiger partial charge is 0.507 e. The molecule has 0 bridgehead atoms. The summed E-state index contributed by atoms with van der Waals surface area (Å²) in [5.41, 5.74) is 14.4. The number of pyridine rings is 1. The molecular formula is C51H43N3O2. The number of nitrogens with zero attached hydrogens (tertiary/aromatic N) is 3. The lowest BCUT2D eigenvalue weighted by molar-refractivity contribution is 0.326. The van der Waals surface area contributed by atoms with Gasteiger partial charge < -0.3 is 9.84 Å². The molecule has 274 valence electrons. The van der Waals surface area contributed by atoms with Gasteiger partial charge in [-0.1, -0.05) is 124 Å². The molecule has 56 heavy (non-hydrogen) atoms. The number of imidazole rings is 1. The van der Waals surface area contributed by atoms with Gasteiger partial charge in [0.15, 0.2) is 5.75 Å². The molecule has 0 aliphatic heterocycles. The molecule has 2 aliphatic rings. The molecule has 0 radical (unpaired) electrons. The summed E-state index contributed by atoms with van der Waals surface area (Å²) in [7, 11) is 0. The van der Waals surface area contributed by atoms with Gasteiger partial charge in [0.25, 0.3) is 0 Å². The van der Waals surface area contributed by atoms with Crippen molar-refractivity contribution >= 4 is 11.0 Å². The average molecular weight is 730 g/mol. The minimum absolute atomic E-state index is 0.178. The van der Waals surface area contributed by atoms with E-state index in [2.05, 4.69) is 128 Å². The van der Waals surface area contributed by atoms with Gasteiger partial charge in [-0.15, -0.1) is 0 Å². The lowest BCUT2D eigenvalue weighted by Gasteiger charge is -2.21. The van der Waals surface area contributed by atoms with Crippen LogP contribution in [0.5, 0.6) is 17.4 Å². The zero-order valence-electron chi connectivity index (χ0n) is 32.0. The molecule has 0 saturated heterocycles. The molecule has 2 aromatic heterocycles. The van der Waals surface area contributed by atoms with E-state index in [0.717, 1.165) is 70.5 Å². The number of rotatable bonds is 6. The second kappa shape index (κ2) is 13.1. The molecule has 0 unspecified atom stereocenters. The molecule has 0 atom stereocenters. The summed E-state index contributed by atoms with van der Waals surface area (Å²) in [6.45, 7) is 6.51. The lowest BCUT2D eigenvalue weighted by Crippen LogP contribution is -2.21. The molecule has 10 rings (SSSR count). The van der Waals surface area contributed by atoms with Crippen molar-refractivity contribution in [1.82, 2.24) is 14.5 Å². The van der Waals surface area contributed by atoms with Crippen LogP contribution in [0.2, 0.25) is 0 Å². The summed E-state index contributed by atoms with van der Waals surface area (Å²) in [6.07, 6.45) is 4.43. The van der Waals surface area contributed by atoms with Gasteiger partial charge in [0, 0.05) is 22.8 Å². The van der Waals surface area contributed by atoms with Gasteiger partial charge in [-0.2, -0.15) is 0 Å². The Hall–Kier alpha value is -6.46. The van der Waals surface area contributed by atoms with Crippen LogP contribution in [0.25, 0.3) is 50.5 Å². The topological polar surface area (TPSA) is 60.2 Å². The number of ether oxygens (including phenoxy) is 1. The van der Waals surface area contributed by atoms with E-state index in [-0.39, 0.29) is 16.6 Å². The fourth-order valence-electron chi connectivity index (χ4n) is 9.05. The van der Waals surface area contributed by atoms with Crippen LogP contribution in [0, 0.1) is 5.41 Å². The fourth-order valence-corrected chi connectivity index (χ4v) is 9.05. The second-order valence-electron chi connectivity index (χ2n) is 16.7. The van der Waals surface area contributed by atoms with Gasteiger partial charge in [0.1, 0.15) is 17.1 Å². The van der Waals surface area contributed by atoms with E-state index >= 15 is 0 Å². The Morgan fingerprint density at radius 2 is 1.25 bits per heavy atom. The van der Waals surface area contributed by atoms with Crippen molar-refractivity contribution in [3.05, 3.63) is 179 Å². The molecule has 2 aliphatic carbocycles. The second-order valence-corrected chi connectivity index (χ2v) is 16.7. The van der Waals surface area contributed by atoms with Crippen LogP contribution in [-0.2, 0) is 31.1 Å². The molecule has 5 nitrogen and oxygen atoms in total. The smallest absolute Gasteiger partial charge is 0.220 e. The maximum absolute atomic E-state index is 10.8. The van der Waals surface area contributed by atoms with Gasteiger partial charge in [-0.3, -0.25) is 4.57 Å². The Bertz CT molecular complexity index is 2770. The Morgan fingerprint density at radius 1 is 0.589 bits per heavy atom. The highest BCUT2D eigenvalue weighted by Gasteiger charge is 2.42. The van der Waals surface area contributed by atoms with E-state index in [1.54, 1.807) is 6.07 Å². The number of para-hydroxylation sites is 3. The quantitative estimate of drug-likeness (QED) is 0.185. The van der Waals surface area contributed by atoms with Crippen LogP contribution in [0.3, 0.4) is 0 Å². The zero-order chi connectivity index (χ0) is 38.0. The van der Waals surface area contributed by atoms with E-state index in [1.165, 1.54) is 22.3 Å². The molecule has 2 heterocycles. The first kappa shape index (κ1) is 34.1. The third-order valence-electron chi connectivity index (χ3n) is 11.8. The summed E-state index contributed by atoms with van der Waals surface area (Å²) in [6, 6.07) is 52.6. The minimum atomic E-state index is -0.185. The number of benzene rings is 6. The third kappa shape index (κ3) is 5.95. The van der Waals surface area contributed by atoms with Crippen molar-refractivity contribution in [2.75, 3.05) is 0 Å². The summed E-state index contributed by atoms with van der Waals surface area (Å²) in [5.74, 6) is 2.11. The number of phenolic OH excluding ortho intramolecular Hbond substituents is 1. The standard InChI is InChI=1S/C51H43N3O2/c1-50(2,3)39-27-42(41-19-10-12-22-45(41)55)52-47(28-39)56-46-23-13-21-44-48(46)53-49(54(44)43-20-11-9-18-40(43)33-14-5-4-6-15-33)34-24-25-37-31-51(32-38(37)26-34)29-35-16-7-8-17-36(35)30-51/h4-28,55H,29-32H2,1-3H3. The maximum atomic E-state index is 10.8. The van der Waals surface area contributed by atoms with Gasteiger partial charge in [0.05, 0.1) is 16.9 Å². The van der Waals surface area contributed by atoms with Crippen molar-refractivity contribution in [3.8, 4) is 56.8 Å². The van der Waals surface area contributed by atoms with Crippen LogP contribution in [0.4, 0.5) is 0 Å². The average Bonchev–Trinajstić information content (AvgIpc) is 3.89. The number of phenols is 1. The van der Waals surface area contributed by atoms with Crippen LogP contribution in [0.15, 0.2) is 152 Å². The first-order valence-corrected chi connectivity index (χ1v) is 19.6. The number of hydrogen-bond donors (Lipinski definition) is 1. The van der Waals surface area contributed by atoms with Crippen molar-refractivity contribution in [1.29, 1.82) is 0 Å². The van der Waals surface area contributed by atoms with Gasteiger partial charge in [-0.25, -0.2) is 9.97 Å². The number of fused-ring (bicyclic) bond motifs is 3. The maximum Gasteiger partial charge on any atom is 0.220 e. The van der Waals surface area contributed by atoms with Crippen LogP contribution in [-0.4, -0.2) is 19.6 Å². The molecule has 8 aromatic rings. The monoisotopic (exact) mass is 729 g/mol. The third-order valence-corrected chi connectivity index (χ3v) is 11.8. The predicted molar refractivity (Wildman–Crippen MR) is 226 cm³/mol. The van der Waals surface area contributed by atoms with E-state index < -0.39 is 0 Å². The number of aromatic nitrogens is 3. The van der Waals surface area contributed by atoms with Crippen molar-refractivity contribution in [3.63, 3.8) is 0 Å². The summed E-state index contributed by atoms with van der Waals surface area (Å²) < 4.78 is 9.08. The molecule has 1 spiro atoms. The highest BCUT2D eigenvalue weighted by molar-refractivity contribution is 5.90. The van der Waals surface area contributed by atoms with Crippen LogP contribution in [0.1, 0.15) is 48.6 Å². The van der Waals surface area contributed by atoms with Crippen LogP contribution >= 0.6 is 0 Å². The SMILES string of the molecule is CC(C)(C)c1cc(Oc2cccc3c2nc(-c2ccc4c(c2)CC2(Cc5ccccc5C2)C4)n3-c2ccccc2-c2ccccc2)nc(-c2ccccc2O)c1. The molecular weight excluding hydrogens is 687 g/mol. The first-order chi connectivity index (χ1) is 27.2. The van der Waals surface area contributed by atoms with Gasteiger partial charge in [-0.05, 0) is 112 Å².